The number of hydrogen-bond acceptors (Lipinski definition) is 4. The highest BCUT2D eigenvalue weighted by Crippen LogP contribution is 2.43. The summed E-state index contributed by atoms with van der Waals surface area (Å²) in [4.78, 5) is 18.0. The predicted molar refractivity (Wildman–Crippen MR) is 53.8 cm³/mol. The molecule has 70 valence electrons. The van der Waals surface area contributed by atoms with Gasteiger partial charge in [0.25, 0.3) is 0 Å². The van der Waals surface area contributed by atoms with Gasteiger partial charge in [0.05, 0.1) is 10.6 Å². The van der Waals surface area contributed by atoms with Gasteiger partial charge in [0.15, 0.2) is 11.4 Å². The second kappa shape index (κ2) is 3.10. The lowest BCUT2D eigenvalue weighted by Crippen LogP contribution is -2.07. The van der Waals surface area contributed by atoms with Crippen LogP contribution in [0.15, 0.2) is 0 Å². The van der Waals surface area contributed by atoms with Crippen molar-refractivity contribution in [2.24, 2.45) is 0 Å². The van der Waals surface area contributed by atoms with Gasteiger partial charge < -0.3 is 4.90 Å². The van der Waals surface area contributed by atoms with Crippen molar-refractivity contribution in [3.8, 4) is 0 Å². The zero-order chi connectivity index (χ0) is 9.42. The topological polar surface area (TPSA) is 33.2 Å². The summed E-state index contributed by atoms with van der Waals surface area (Å²) >= 11 is 1.48. The normalized spacial score (nSPS) is 15.8. The molecule has 0 unspecified atom stereocenters. The van der Waals surface area contributed by atoms with Gasteiger partial charge in [-0.05, 0) is 12.8 Å². The van der Waals surface area contributed by atoms with E-state index in [2.05, 4.69) is 4.98 Å². The number of carbonyl (C=O) groups is 1. The smallest absolute Gasteiger partial charge is 0.185 e. The molecule has 13 heavy (non-hydrogen) atoms. The number of aldehydes is 1. The van der Waals surface area contributed by atoms with Crippen LogP contribution in [0.5, 0.6) is 0 Å². The number of rotatable bonds is 3. The van der Waals surface area contributed by atoms with Gasteiger partial charge in [0, 0.05) is 20.0 Å². The van der Waals surface area contributed by atoms with Crippen molar-refractivity contribution in [3.05, 3.63) is 10.6 Å². The molecule has 1 heterocycles. The van der Waals surface area contributed by atoms with Crippen LogP contribution in [0.2, 0.25) is 0 Å². The second-order valence-electron chi connectivity index (χ2n) is 3.53. The van der Waals surface area contributed by atoms with E-state index in [0.29, 0.717) is 5.92 Å². The molecule has 0 N–H and O–H groups in total. The van der Waals surface area contributed by atoms with Gasteiger partial charge in [-0.1, -0.05) is 11.3 Å². The Bertz CT molecular complexity index is 328. The number of aromatic nitrogens is 1. The Morgan fingerprint density at radius 2 is 2.23 bits per heavy atom. The second-order valence-corrected chi connectivity index (χ2v) is 4.54. The van der Waals surface area contributed by atoms with Gasteiger partial charge in [-0.25, -0.2) is 4.98 Å². The maximum atomic E-state index is 10.7. The van der Waals surface area contributed by atoms with E-state index in [0.717, 1.165) is 22.0 Å². The third-order valence-corrected chi connectivity index (χ3v) is 3.29. The van der Waals surface area contributed by atoms with Crippen LogP contribution < -0.4 is 4.90 Å². The van der Waals surface area contributed by atoms with Gasteiger partial charge in [-0.15, -0.1) is 0 Å². The van der Waals surface area contributed by atoms with Gasteiger partial charge in [0.1, 0.15) is 0 Å². The minimum atomic E-state index is 0.560. The number of thiazole rings is 1. The fourth-order valence-corrected chi connectivity index (χ4v) is 2.14. The molecule has 2 rings (SSSR count). The summed E-state index contributed by atoms with van der Waals surface area (Å²) in [6.07, 6.45) is 3.31. The Labute approximate surface area is 81.4 Å². The Kier molecular flexibility index (Phi) is 2.07. The molecule has 0 aliphatic heterocycles. The molecule has 0 saturated heterocycles. The summed E-state index contributed by atoms with van der Waals surface area (Å²) in [5, 5.41) is 0.934. The average molecular weight is 196 g/mol. The molecule has 0 amide bonds. The van der Waals surface area contributed by atoms with E-state index in [9.17, 15) is 4.79 Å². The van der Waals surface area contributed by atoms with Gasteiger partial charge in [-0.3, -0.25) is 4.79 Å². The molecule has 3 nitrogen and oxygen atoms in total. The van der Waals surface area contributed by atoms with Crippen molar-refractivity contribution >= 4 is 22.8 Å². The molecule has 0 radical (unpaired) electrons. The maximum absolute atomic E-state index is 10.7. The summed E-state index contributed by atoms with van der Waals surface area (Å²) in [7, 11) is 3.90. The molecule has 0 atom stereocenters. The molecule has 1 aromatic heterocycles. The van der Waals surface area contributed by atoms with Gasteiger partial charge >= 0.3 is 0 Å². The monoisotopic (exact) mass is 196 g/mol. The first-order valence-corrected chi connectivity index (χ1v) is 5.17. The van der Waals surface area contributed by atoms with E-state index in [-0.39, 0.29) is 0 Å². The number of hydrogen-bond donors (Lipinski definition) is 0. The van der Waals surface area contributed by atoms with Crippen molar-refractivity contribution in [2.75, 3.05) is 19.0 Å². The molecule has 1 saturated carbocycles. The van der Waals surface area contributed by atoms with E-state index >= 15 is 0 Å². The molecule has 1 fully saturated rings. The number of anilines is 1. The molecule has 1 aliphatic carbocycles. The highest BCUT2D eigenvalue weighted by Gasteiger charge is 2.29. The predicted octanol–water partition coefficient (Wildman–Crippen LogP) is 1.90. The van der Waals surface area contributed by atoms with Crippen LogP contribution in [0.1, 0.15) is 34.1 Å². The first-order chi connectivity index (χ1) is 6.22. The van der Waals surface area contributed by atoms with Crippen LogP contribution in [0.25, 0.3) is 0 Å². The molecule has 0 aromatic carbocycles. The van der Waals surface area contributed by atoms with Crippen molar-refractivity contribution in [1.29, 1.82) is 0 Å². The molecule has 1 aromatic rings. The molecule has 1 aliphatic rings. The van der Waals surface area contributed by atoms with E-state index < -0.39 is 0 Å². The van der Waals surface area contributed by atoms with Crippen LogP contribution in [-0.4, -0.2) is 25.4 Å². The van der Waals surface area contributed by atoms with Crippen LogP contribution in [-0.2, 0) is 0 Å². The fourth-order valence-electron chi connectivity index (χ4n) is 1.26. The van der Waals surface area contributed by atoms with E-state index in [4.69, 9.17) is 0 Å². The third-order valence-electron chi connectivity index (χ3n) is 2.12. The molecule has 4 heteroatoms. The number of carbonyl (C=O) groups excluding carboxylic acids is 1. The van der Waals surface area contributed by atoms with Gasteiger partial charge in [-0.2, -0.15) is 0 Å². The molecular weight excluding hydrogens is 184 g/mol. The number of nitrogens with zero attached hydrogens (tertiary/aromatic N) is 2. The minimum Gasteiger partial charge on any atom is -0.354 e. The first-order valence-electron chi connectivity index (χ1n) is 4.35. The standard InChI is InChI=1S/C9H12N2OS/c1-11(2)9-10-8(6-3-4-6)7(5-12)13-9/h5-6H,3-4H2,1-2H3. The SMILES string of the molecule is CN(C)c1nc(C2CC2)c(C=O)s1. The molecule has 0 spiro atoms. The summed E-state index contributed by atoms with van der Waals surface area (Å²) in [5.74, 6) is 0.560. The molecule has 0 bridgehead atoms. The van der Waals surface area contributed by atoms with Crippen molar-refractivity contribution in [1.82, 2.24) is 4.98 Å². The zero-order valence-electron chi connectivity index (χ0n) is 7.78. The highest BCUT2D eigenvalue weighted by molar-refractivity contribution is 7.17. The van der Waals surface area contributed by atoms with Crippen LogP contribution in [0.3, 0.4) is 0 Å². The third kappa shape index (κ3) is 1.58. The summed E-state index contributed by atoms with van der Waals surface area (Å²) in [6.45, 7) is 0. The van der Waals surface area contributed by atoms with E-state index in [1.54, 1.807) is 0 Å². The largest absolute Gasteiger partial charge is 0.354 e. The summed E-state index contributed by atoms with van der Waals surface area (Å²) in [5.41, 5.74) is 1.02. The molecular formula is C9H12N2OS. The van der Waals surface area contributed by atoms with Crippen molar-refractivity contribution in [3.63, 3.8) is 0 Å². The van der Waals surface area contributed by atoms with Crippen molar-refractivity contribution in [2.45, 2.75) is 18.8 Å². The van der Waals surface area contributed by atoms with Gasteiger partial charge in [0.2, 0.25) is 0 Å². The fraction of sp³-hybridized carbons (Fsp3) is 0.556. The van der Waals surface area contributed by atoms with E-state index in [1.807, 2.05) is 19.0 Å². The van der Waals surface area contributed by atoms with Crippen LogP contribution >= 0.6 is 11.3 Å². The van der Waals surface area contributed by atoms with E-state index in [1.165, 1.54) is 24.2 Å². The van der Waals surface area contributed by atoms with Crippen LogP contribution in [0.4, 0.5) is 5.13 Å². The first kappa shape index (κ1) is 8.69. The lowest BCUT2D eigenvalue weighted by molar-refractivity contribution is 0.112. The summed E-state index contributed by atoms with van der Waals surface area (Å²) < 4.78 is 0. The Morgan fingerprint density at radius 3 is 2.69 bits per heavy atom. The Balaban J connectivity index is 2.36. The Hall–Kier alpha value is -0.900. The summed E-state index contributed by atoms with van der Waals surface area (Å²) in [6, 6.07) is 0. The van der Waals surface area contributed by atoms with Crippen LogP contribution in [0, 0.1) is 0 Å². The lowest BCUT2D eigenvalue weighted by Gasteiger charge is -2.05. The average Bonchev–Trinajstić information content (AvgIpc) is 2.84. The minimum absolute atomic E-state index is 0.560. The maximum Gasteiger partial charge on any atom is 0.185 e. The lowest BCUT2D eigenvalue weighted by atomic mass is 10.3. The van der Waals surface area contributed by atoms with Crippen molar-refractivity contribution < 1.29 is 4.79 Å². The highest BCUT2D eigenvalue weighted by atomic mass is 32.1. The Morgan fingerprint density at radius 1 is 1.54 bits per heavy atom. The quantitative estimate of drug-likeness (QED) is 0.692. The zero-order valence-corrected chi connectivity index (χ0v) is 8.60.